The van der Waals surface area contributed by atoms with Crippen molar-refractivity contribution in [2.24, 2.45) is 0 Å². The molecule has 1 aliphatic rings. The van der Waals surface area contributed by atoms with Crippen molar-refractivity contribution in [2.75, 3.05) is 0 Å². The van der Waals surface area contributed by atoms with Crippen LogP contribution in [-0.4, -0.2) is 10.2 Å². The van der Waals surface area contributed by atoms with E-state index in [1.54, 1.807) is 24.6 Å². The molecular weight excluding hydrogens is 314 g/mol. The van der Waals surface area contributed by atoms with Gasteiger partial charge in [-0.05, 0) is 36.8 Å². The summed E-state index contributed by atoms with van der Waals surface area (Å²) in [7, 11) is 0. The number of nitrogens with zero attached hydrogens (tertiary/aromatic N) is 3. The van der Waals surface area contributed by atoms with Crippen molar-refractivity contribution in [3.63, 3.8) is 0 Å². The molecule has 1 atom stereocenters. The van der Waals surface area contributed by atoms with Crippen LogP contribution in [0.5, 0.6) is 0 Å². The molecule has 1 aliphatic heterocycles. The molecule has 0 bridgehead atoms. The van der Waals surface area contributed by atoms with Gasteiger partial charge in [0, 0.05) is 11.1 Å². The highest BCUT2D eigenvalue weighted by molar-refractivity contribution is 5.81. The van der Waals surface area contributed by atoms with Gasteiger partial charge in [0.2, 0.25) is 0 Å². The van der Waals surface area contributed by atoms with E-state index in [1.165, 1.54) is 0 Å². The zero-order valence-corrected chi connectivity index (χ0v) is 13.4. The van der Waals surface area contributed by atoms with Crippen molar-refractivity contribution in [3.05, 3.63) is 71.0 Å². The lowest BCUT2D eigenvalue weighted by atomic mass is 9.81. The Morgan fingerprint density at radius 2 is 2.00 bits per heavy atom. The Labute approximate surface area is 143 Å². The second-order valence-electron chi connectivity index (χ2n) is 5.80. The third kappa shape index (κ3) is 2.29. The number of nitriles is 2. The number of hydrogen-bond donors (Lipinski definition) is 2. The molecule has 6 heteroatoms. The lowest BCUT2D eigenvalue weighted by molar-refractivity contribution is 0.547. The molecular formula is C19H13N5O. The Morgan fingerprint density at radius 1 is 1.16 bits per heavy atom. The SMILES string of the molecule is CC1=C(C#N)C(c2ccc3[nH]ncc3c2)C(C#N)=C(c2ccco2)N1. The maximum atomic E-state index is 9.82. The fraction of sp³-hybridized carbons (Fsp3) is 0.105. The standard InChI is InChI=1S/C19H13N5O/c1-11-14(8-20)18(12-4-5-16-13(7-12)10-22-24-16)15(9-21)19(23-11)17-3-2-6-25-17/h2-7,10,18,23H,1H3,(H,22,24). The molecule has 0 saturated carbocycles. The van der Waals surface area contributed by atoms with Crippen LogP contribution < -0.4 is 5.32 Å². The average Bonchev–Trinajstić information content (AvgIpc) is 3.31. The second kappa shape index (κ2) is 5.70. The van der Waals surface area contributed by atoms with E-state index >= 15 is 0 Å². The maximum absolute atomic E-state index is 9.82. The highest BCUT2D eigenvalue weighted by Gasteiger charge is 2.32. The second-order valence-corrected chi connectivity index (χ2v) is 5.80. The zero-order chi connectivity index (χ0) is 17.4. The van der Waals surface area contributed by atoms with E-state index in [2.05, 4.69) is 27.7 Å². The largest absolute Gasteiger partial charge is 0.463 e. The molecule has 0 spiro atoms. The minimum Gasteiger partial charge on any atom is -0.463 e. The lowest BCUT2D eigenvalue weighted by Gasteiger charge is -2.26. The summed E-state index contributed by atoms with van der Waals surface area (Å²) in [5.74, 6) is 0.123. The Balaban J connectivity index is 1.95. The van der Waals surface area contributed by atoms with Crippen molar-refractivity contribution in [3.8, 4) is 12.1 Å². The van der Waals surface area contributed by atoms with E-state index in [0.717, 1.165) is 16.5 Å². The molecule has 2 aromatic heterocycles. The molecule has 1 unspecified atom stereocenters. The van der Waals surface area contributed by atoms with Crippen molar-refractivity contribution in [1.29, 1.82) is 10.5 Å². The summed E-state index contributed by atoms with van der Waals surface area (Å²) < 4.78 is 5.47. The topological polar surface area (TPSA) is 101 Å². The Kier molecular flexibility index (Phi) is 3.37. The summed E-state index contributed by atoms with van der Waals surface area (Å²) in [6, 6.07) is 13.9. The number of furan rings is 1. The van der Waals surface area contributed by atoms with Crippen LogP contribution in [0.2, 0.25) is 0 Å². The molecule has 0 radical (unpaired) electrons. The van der Waals surface area contributed by atoms with E-state index < -0.39 is 5.92 Å². The number of aromatic amines is 1. The van der Waals surface area contributed by atoms with Crippen LogP contribution in [0.1, 0.15) is 24.2 Å². The summed E-state index contributed by atoms with van der Waals surface area (Å²) in [6.07, 6.45) is 3.29. The van der Waals surface area contributed by atoms with Crippen molar-refractivity contribution in [2.45, 2.75) is 12.8 Å². The molecule has 0 fully saturated rings. The number of H-pyrrole nitrogens is 1. The van der Waals surface area contributed by atoms with E-state index in [0.29, 0.717) is 28.3 Å². The summed E-state index contributed by atoms with van der Waals surface area (Å²) in [6.45, 7) is 1.83. The molecule has 3 aromatic rings. The van der Waals surface area contributed by atoms with Crippen LogP contribution in [0.25, 0.3) is 16.6 Å². The van der Waals surface area contributed by atoms with Crippen molar-refractivity contribution in [1.82, 2.24) is 15.5 Å². The number of aromatic nitrogens is 2. The van der Waals surface area contributed by atoms with Crippen LogP contribution in [0.4, 0.5) is 0 Å². The van der Waals surface area contributed by atoms with E-state index in [-0.39, 0.29) is 0 Å². The molecule has 6 nitrogen and oxygen atoms in total. The van der Waals surface area contributed by atoms with E-state index in [4.69, 9.17) is 4.42 Å². The van der Waals surface area contributed by atoms with Gasteiger partial charge >= 0.3 is 0 Å². The highest BCUT2D eigenvalue weighted by Crippen LogP contribution is 2.40. The van der Waals surface area contributed by atoms with Gasteiger partial charge in [0.1, 0.15) is 0 Å². The lowest BCUT2D eigenvalue weighted by Crippen LogP contribution is -2.23. The van der Waals surface area contributed by atoms with Crippen LogP contribution in [0.15, 0.2) is 64.1 Å². The van der Waals surface area contributed by atoms with Gasteiger partial charge in [-0.3, -0.25) is 5.10 Å². The fourth-order valence-electron chi connectivity index (χ4n) is 3.19. The monoisotopic (exact) mass is 327 g/mol. The number of nitrogens with one attached hydrogen (secondary N) is 2. The number of hydrogen-bond acceptors (Lipinski definition) is 5. The van der Waals surface area contributed by atoms with Crippen LogP contribution in [0, 0.1) is 22.7 Å². The number of dihydropyridines is 1. The van der Waals surface area contributed by atoms with Gasteiger partial charge in [-0.1, -0.05) is 6.07 Å². The molecule has 1 aromatic carbocycles. The van der Waals surface area contributed by atoms with Gasteiger partial charge in [-0.15, -0.1) is 0 Å². The van der Waals surface area contributed by atoms with Crippen LogP contribution >= 0.6 is 0 Å². The first kappa shape index (κ1) is 14.8. The van der Waals surface area contributed by atoms with Gasteiger partial charge in [0.05, 0.1) is 52.9 Å². The number of benzene rings is 1. The third-order valence-electron chi connectivity index (χ3n) is 4.37. The minimum absolute atomic E-state index is 0.448. The van der Waals surface area contributed by atoms with Gasteiger partial charge in [-0.2, -0.15) is 15.6 Å². The Morgan fingerprint density at radius 3 is 2.72 bits per heavy atom. The zero-order valence-electron chi connectivity index (χ0n) is 13.4. The Bertz CT molecular complexity index is 1100. The highest BCUT2D eigenvalue weighted by atomic mass is 16.3. The molecule has 2 N–H and O–H groups in total. The average molecular weight is 327 g/mol. The van der Waals surface area contributed by atoms with Gasteiger partial charge in [0.25, 0.3) is 0 Å². The first-order valence-corrected chi connectivity index (χ1v) is 7.72. The van der Waals surface area contributed by atoms with Crippen LogP contribution in [0.3, 0.4) is 0 Å². The quantitative estimate of drug-likeness (QED) is 0.749. The van der Waals surface area contributed by atoms with Crippen molar-refractivity contribution < 1.29 is 4.42 Å². The molecule has 4 rings (SSSR count). The first-order chi connectivity index (χ1) is 12.2. The molecule has 0 aliphatic carbocycles. The third-order valence-corrected chi connectivity index (χ3v) is 4.37. The molecule has 120 valence electrons. The fourth-order valence-corrected chi connectivity index (χ4v) is 3.19. The summed E-state index contributed by atoms with van der Waals surface area (Å²) >= 11 is 0. The minimum atomic E-state index is -0.448. The molecule has 3 heterocycles. The smallest absolute Gasteiger partial charge is 0.151 e. The molecule has 0 saturated heterocycles. The van der Waals surface area contributed by atoms with Crippen LogP contribution in [-0.2, 0) is 0 Å². The normalized spacial score (nSPS) is 17.3. The maximum Gasteiger partial charge on any atom is 0.151 e. The summed E-state index contributed by atoms with van der Waals surface area (Å²) in [5, 5.41) is 30.5. The number of allylic oxidation sites excluding steroid dienone is 3. The Hall–Kier alpha value is -3.77. The van der Waals surface area contributed by atoms with E-state index in [1.807, 2.05) is 25.1 Å². The van der Waals surface area contributed by atoms with E-state index in [9.17, 15) is 10.5 Å². The summed E-state index contributed by atoms with van der Waals surface area (Å²) in [5.41, 5.74) is 4.07. The predicted molar refractivity (Wildman–Crippen MR) is 91.5 cm³/mol. The molecule has 25 heavy (non-hydrogen) atoms. The van der Waals surface area contributed by atoms with Gasteiger partial charge in [0.15, 0.2) is 5.76 Å². The van der Waals surface area contributed by atoms with Crippen molar-refractivity contribution >= 4 is 16.6 Å². The number of rotatable bonds is 2. The van der Waals surface area contributed by atoms with Gasteiger partial charge in [-0.25, -0.2) is 0 Å². The van der Waals surface area contributed by atoms with Gasteiger partial charge < -0.3 is 9.73 Å². The number of fused-ring (bicyclic) bond motifs is 1. The molecule has 0 amide bonds. The summed E-state index contributed by atoms with van der Waals surface area (Å²) in [4.78, 5) is 0. The first-order valence-electron chi connectivity index (χ1n) is 7.72. The predicted octanol–water partition coefficient (Wildman–Crippen LogP) is 3.58.